The van der Waals surface area contributed by atoms with Gasteiger partial charge in [-0.1, -0.05) is 132 Å². The van der Waals surface area contributed by atoms with Crippen LogP contribution in [0, 0.1) is 11.3 Å². The fourth-order valence-electron chi connectivity index (χ4n) is 5.30. The van der Waals surface area contributed by atoms with Crippen molar-refractivity contribution in [1.82, 2.24) is 0 Å². The van der Waals surface area contributed by atoms with E-state index in [1.54, 1.807) is 7.05 Å². The van der Waals surface area contributed by atoms with Crippen molar-refractivity contribution in [2.75, 3.05) is 7.05 Å². The van der Waals surface area contributed by atoms with Gasteiger partial charge in [-0.25, -0.2) is 0 Å². The van der Waals surface area contributed by atoms with Crippen LogP contribution in [0.5, 0.6) is 0 Å². The van der Waals surface area contributed by atoms with Crippen LogP contribution in [0.15, 0.2) is 70.9 Å². The zero-order chi connectivity index (χ0) is 25.7. The molecule has 37 heavy (non-hydrogen) atoms. The van der Waals surface area contributed by atoms with E-state index in [0.29, 0.717) is 0 Å². The first-order valence-electron chi connectivity index (χ1n) is 14.5. The molecule has 0 N–H and O–H groups in total. The Bertz CT molecular complexity index is 862. The van der Waals surface area contributed by atoms with Crippen molar-refractivity contribution in [1.29, 1.82) is 5.26 Å². The number of halogens is 1. The van der Waals surface area contributed by atoms with Gasteiger partial charge >= 0.3 is 0 Å². The molecule has 0 radical (unpaired) electrons. The Labute approximate surface area is 233 Å². The smallest absolute Gasteiger partial charge is 0.0822 e. The minimum absolute atomic E-state index is 0. The number of azo groups is 1. The zero-order valence-electron chi connectivity index (χ0n) is 23.4. The van der Waals surface area contributed by atoms with Gasteiger partial charge in [0.05, 0.1) is 17.5 Å². The molecule has 0 aliphatic heterocycles. The Morgan fingerprint density at radius 1 is 0.730 bits per heavy atom. The minimum Gasteiger partial charge on any atom is -0.197 e. The molecule has 0 aliphatic carbocycles. The fraction of sp³-hybridized carbons (Fsp3) is 0.606. The topological polar surface area (TPSA) is 48.5 Å². The summed E-state index contributed by atoms with van der Waals surface area (Å²) in [4.78, 5) is 0. The van der Waals surface area contributed by atoms with Gasteiger partial charge in [0.2, 0.25) is 0 Å². The van der Waals surface area contributed by atoms with Crippen LogP contribution in [0.4, 0.5) is 0 Å². The van der Waals surface area contributed by atoms with E-state index in [9.17, 15) is 5.26 Å². The molecule has 2 unspecified atom stereocenters. The van der Waals surface area contributed by atoms with Gasteiger partial charge in [0, 0.05) is 7.05 Å². The van der Waals surface area contributed by atoms with E-state index in [0.717, 1.165) is 44.9 Å². The van der Waals surface area contributed by atoms with Crippen LogP contribution in [-0.2, 0) is 11.8 Å². The summed E-state index contributed by atoms with van der Waals surface area (Å²) in [5.41, 5.74) is 2.14. The van der Waals surface area contributed by atoms with Crippen molar-refractivity contribution in [2.45, 2.75) is 121 Å². The van der Waals surface area contributed by atoms with E-state index in [-0.39, 0.29) is 18.4 Å². The molecule has 0 aliphatic rings. The molecule has 204 valence electrons. The lowest BCUT2D eigenvalue weighted by molar-refractivity contribution is 0.400. The molecular weight excluding hydrogens is 474 g/mol. The molecule has 0 saturated heterocycles. The number of benzene rings is 2. The Hall–Kier alpha value is -2.18. The van der Waals surface area contributed by atoms with E-state index < -0.39 is 5.41 Å². The highest BCUT2D eigenvalue weighted by Gasteiger charge is 2.31. The average molecular weight is 524 g/mol. The van der Waals surface area contributed by atoms with Gasteiger partial charge < -0.3 is 0 Å². The van der Waals surface area contributed by atoms with Crippen LogP contribution in [0.2, 0.25) is 0 Å². The summed E-state index contributed by atoms with van der Waals surface area (Å²) in [6, 6.07) is 24.1. The maximum Gasteiger partial charge on any atom is 0.0822 e. The first-order valence-corrected chi connectivity index (χ1v) is 14.5. The van der Waals surface area contributed by atoms with Gasteiger partial charge in [-0.05, 0) is 49.7 Å². The quantitative estimate of drug-likeness (QED) is 0.126. The molecule has 0 heterocycles. The van der Waals surface area contributed by atoms with E-state index >= 15 is 0 Å². The van der Waals surface area contributed by atoms with Crippen LogP contribution in [0.3, 0.4) is 0 Å². The third kappa shape index (κ3) is 13.3. The number of hydrogen-bond donors (Lipinski definition) is 0. The third-order valence-corrected chi connectivity index (χ3v) is 7.53. The van der Waals surface area contributed by atoms with Gasteiger partial charge in [0.25, 0.3) is 0 Å². The van der Waals surface area contributed by atoms with Crippen molar-refractivity contribution >= 4 is 12.4 Å². The number of aryl methyl sites for hydroxylation is 1. The molecule has 0 fully saturated rings. The van der Waals surface area contributed by atoms with E-state index in [1.807, 2.05) is 6.07 Å². The summed E-state index contributed by atoms with van der Waals surface area (Å²) < 4.78 is 0. The number of rotatable bonds is 20. The summed E-state index contributed by atoms with van der Waals surface area (Å²) in [6.07, 6.45) is 19.1. The molecule has 2 rings (SSSR count). The SMILES string of the molecule is CCCCCCCCCCCCC(C#N)(CCCC(CCc1ccccc1)N=NC)c1ccccc1.Cl. The van der Waals surface area contributed by atoms with Crippen molar-refractivity contribution in [3.05, 3.63) is 71.8 Å². The fourth-order valence-corrected chi connectivity index (χ4v) is 5.30. The molecule has 2 atom stereocenters. The Balaban J connectivity index is 0.00000684. The molecule has 0 saturated carbocycles. The van der Waals surface area contributed by atoms with Gasteiger partial charge in [0.15, 0.2) is 0 Å². The Kier molecular flexibility index (Phi) is 18.5. The monoisotopic (exact) mass is 523 g/mol. The third-order valence-electron chi connectivity index (χ3n) is 7.53. The van der Waals surface area contributed by atoms with Crippen LogP contribution in [0.1, 0.15) is 114 Å². The highest BCUT2D eigenvalue weighted by Crippen LogP contribution is 2.35. The first kappa shape index (κ1) is 32.8. The first-order chi connectivity index (χ1) is 17.7. The number of hydrogen-bond acceptors (Lipinski definition) is 3. The van der Waals surface area contributed by atoms with Crippen molar-refractivity contribution < 1.29 is 0 Å². The van der Waals surface area contributed by atoms with Crippen LogP contribution < -0.4 is 0 Å². The van der Waals surface area contributed by atoms with Crippen LogP contribution in [-0.4, -0.2) is 13.1 Å². The highest BCUT2D eigenvalue weighted by atomic mass is 35.5. The number of unbranched alkanes of at least 4 members (excludes halogenated alkanes) is 9. The summed E-state index contributed by atoms with van der Waals surface area (Å²) in [7, 11) is 1.77. The van der Waals surface area contributed by atoms with Gasteiger partial charge in [-0.15, -0.1) is 12.4 Å². The maximum atomic E-state index is 10.4. The minimum atomic E-state index is -0.394. The number of nitrogens with zero attached hydrogens (tertiary/aromatic N) is 3. The lowest BCUT2D eigenvalue weighted by Crippen LogP contribution is -2.25. The van der Waals surface area contributed by atoms with E-state index in [1.165, 1.54) is 68.9 Å². The summed E-state index contributed by atoms with van der Waals surface area (Å²) in [6.45, 7) is 2.28. The van der Waals surface area contributed by atoms with Crippen molar-refractivity contribution in [3.8, 4) is 6.07 Å². The predicted octanol–water partition coefficient (Wildman–Crippen LogP) is 10.4. The van der Waals surface area contributed by atoms with Crippen molar-refractivity contribution in [3.63, 3.8) is 0 Å². The largest absolute Gasteiger partial charge is 0.197 e. The molecule has 3 nitrogen and oxygen atoms in total. The standard InChI is InChI=1S/C33H49N3.ClH/c1-3-4-5-6-7-8-9-10-11-18-27-33(29-34,31-22-16-13-17-23-31)28-19-24-32(36-35-2)26-25-30-20-14-12-15-21-30;/h12-17,20-23,32H,3-11,18-19,24-28H2,1-2H3;1H. The van der Waals surface area contributed by atoms with Crippen LogP contribution in [0.25, 0.3) is 0 Å². The lowest BCUT2D eigenvalue weighted by Gasteiger charge is -2.28. The normalized spacial score (nSPS) is 13.5. The van der Waals surface area contributed by atoms with Gasteiger partial charge in [-0.2, -0.15) is 15.5 Å². The zero-order valence-corrected chi connectivity index (χ0v) is 24.2. The summed E-state index contributed by atoms with van der Waals surface area (Å²) in [5, 5.41) is 19.0. The van der Waals surface area contributed by atoms with Crippen molar-refractivity contribution in [2.24, 2.45) is 10.2 Å². The average Bonchev–Trinajstić information content (AvgIpc) is 2.93. The Morgan fingerprint density at radius 2 is 1.27 bits per heavy atom. The summed E-state index contributed by atoms with van der Waals surface area (Å²) in [5.74, 6) is 0. The molecule has 4 heteroatoms. The lowest BCUT2D eigenvalue weighted by atomic mass is 9.73. The highest BCUT2D eigenvalue weighted by molar-refractivity contribution is 5.85. The van der Waals surface area contributed by atoms with E-state index in [2.05, 4.69) is 77.8 Å². The second-order valence-corrected chi connectivity index (χ2v) is 10.4. The Morgan fingerprint density at radius 3 is 1.84 bits per heavy atom. The van der Waals surface area contributed by atoms with Gasteiger partial charge in [-0.3, -0.25) is 0 Å². The molecule has 2 aromatic carbocycles. The molecule has 0 amide bonds. The number of nitriles is 1. The molecule has 0 bridgehead atoms. The molecule has 0 aromatic heterocycles. The molecule has 2 aromatic rings. The van der Waals surface area contributed by atoms with E-state index in [4.69, 9.17) is 0 Å². The molecular formula is C33H50ClN3. The maximum absolute atomic E-state index is 10.4. The molecule has 0 spiro atoms. The van der Waals surface area contributed by atoms with Gasteiger partial charge in [0.1, 0.15) is 0 Å². The second-order valence-electron chi connectivity index (χ2n) is 10.4. The predicted molar refractivity (Wildman–Crippen MR) is 161 cm³/mol. The van der Waals surface area contributed by atoms with Crippen LogP contribution >= 0.6 is 12.4 Å². The second kappa shape index (κ2) is 20.8. The summed E-state index contributed by atoms with van der Waals surface area (Å²) >= 11 is 0.